The van der Waals surface area contributed by atoms with E-state index in [1.165, 1.54) is 0 Å². The monoisotopic (exact) mass is 194 g/mol. The number of benzene rings is 1. The molecule has 1 aromatic carbocycles. The summed E-state index contributed by atoms with van der Waals surface area (Å²) in [7, 11) is 3.39. The minimum Gasteiger partial charge on any atom is -0.496 e. The molecule has 78 valence electrons. The fourth-order valence-corrected chi connectivity index (χ4v) is 1.54. The van der Waals surface area contributed by atoms with E-state index < -0.39 is 0 Å². The fraction of sp³-hybridized carbons (Fsp3) is 0.500. The second-order valence-electron chi connectivity index (χ2n) is 3.74. The van der Waals surface area contributed by atoms with Crippen molar-refractivity contribution in [3.05, 3.63) is 23.8 Å². The van der Waals surface area contributed by atoms with Gasteiger partial charge in [0, 0.05) is 5.56 Å². The van der Waals surface area contributed by atoms with Gasteiger partial charge in [0.2, 0.25) is 0 Å². The van der Waals surface area contributed by atoms with Crippen LogP contribution < -0.4 is 9.47 Å². The Bertz CT molecular complexity index is 270. The van der Waals surface area contributed by atoms with Gasteiger partial charge in [0.25, 0.3) is 0 Å². The van der Waals surface area contributed by atoms with Crippen molar-refractivity contribution < 1.29 is 9.47 Å². The second-order valence-corrected chi connectivity index (χ2v) is 3.74. The standard InChI is InChI=1S/C12H18O2/c1-9(2)8-10-11(13-3)6-5-7-12(10)14-4/h5-7,9H,8H2,1-4H3. The topological polar surface area (TPSA) is 18.5 Å². The molecule has 2 heteroatoms. The Balaban J connectivity index is 3.05. The lowest BCUT2D eigenvalue weighted by molar-refractivity contribution is 0.381. The molecule has 0 bridgehead atoms. The highest BCUT2D eigenvalue weighted by atomic mass is 16.5. The van der Waals surface area contributed by atoms with Crippen LogP contribution in [0.3, 0.4) is 0 Å². The maximum absolute atomic E-state index is 5.31. The Morgan fingerprint density at radius 3 is 1.93 bits per heavy atom. The first-order valence-corrected chi connectivity index (χ1v) is 4.89. The molecule has 0 atom stereocenters. The van der Waals surface area contributed by atoms with Crippen LogP contribution in [0.15, 0.2) is 18.2 Å². The predicted octanol–water partition coefficient (Wildman–Crippen LogP) is 2.90. The van der Waals surface area contributed by atoms with Crippen molar-refractivity contribution in [2.45, 2.75) is 20.3 Å². The third kappa shape index (κ3) is 2.41. The molecular formula is C12H18O2. The number of hydrogen-bond acceptors (Lipinski definition) is 2. The highest BCUT2D eigenvalue weighted by Crippen LogP contribution is 2.30. The second kappa shape index (κ2) is 4.89. The van der Waals surface area contributed by atoms with E-state index >= 15 is 0 Å². The van der Waals surface area contributed by atoms with Crippen molar-refractivity contribution in [1.82, 2.24) is 0 Å². The van der Waals surface area contributed by atoms with E-state index in [1.54, 1.807) is 14.2 Å². The van der Waals surface area contributed by atoms with Crippen LogP contribution in [0.25, 0.3) is 0 Å². The minimum absolute atomic E-state index is 0.597. The largest absolute Gasteiger partial charge is 0.496 e. The van der Waals surface area contributed by atoms with Crippen LogP contribution in [-0.4, -0.2) is 14.2 Å². The van der Waals surface area contributed by atoms with Gasteiger partial charge in [-0.25, -0.2) is 0 Å². The normalized spacial score (nSPS) is 10.4. The molecule has 1 aromatic rings. The number of methoxy groups -OCH3 is 2. The summed E-state index contributed by atoms with van der Waals surface area (Å²) in [6, 6.07) is 5.89. The molecule has 0 N–H and O–H groups in total. The molecule has 0 aliphatic heterocycles. The molecule has 2 nitrogen and oxygen atoms in total. The van der Waals surface area contributed by atoms with E-state index in [0.717, 1.165) is 23.5 Å². The smallest absolute Gasteiger partial charge is 0.125 e. The average Bonchev–Trinajstić information content (AvgIpc) is 2.17. The van der Waals surface area contributed by atoms with Crippen LogP contribution in [0.1, 0.15) is 19.4 Å². The lowest BCUT2D eigenvalue weighted by Gasteiger charge is -2.14. The minimum atomic E-state index is 0.597. The summed E-state index contributed by atoms with van der Waals surface area (Å²) in [5.74, 6) is 2.43. The van der Waals surface area contributed by atoms with Gasteiger partial charge in [-0.1, -0.05) is 19.9 Å². The molecule has 0 aliphatic carbocycles. The Labute approximate surface area is 85.8 Å². The van der Waals surface area contributed by atoms with Gasteiger partial charge in [0.15, 0.2) is 0 Å². The summed E-state index contributed by atoms with van der Waals surface area (Å²) in [5, 5.41) is 0. The lowest BCUT2D eigenvalue weighted by Crippen LogP contribution is -2.00. The van der Waals surface area contributed by atoms with Crippen LogP contribution >= 0.6 is 0 Å². The Morgan fingerprint density at radius 2 is 1.57 bits per heavy atom. The number of ether oxygens (including phenoxy) is 2. The van der Waals surface area contributed by atoms with Crippen LogP contribution in [0.4, 0.5) is 0 Å². The Kier molecular flexibility index (Phi) is 3.81. The quantitative estimate of drug-likeness (QED) is 0.733. The van der Waals surface area contributed by atoms with Crippen molar-refractivity contribution in [3.8, 4) is 11.5 Å². The Morgan fingerprint density at radius 1 is 1.07 bits per heavy atom. The van der Waals surface area contributed by atoms with E-state index in [0.29, 0.717) is 5.92 Å². The highest BCUT2D eigenvalue weighted by molar-refractivity contribution is 5.44. The molecule has 0 spiro atoms. The molecule has 0 saturated carbocycles. The van der Waals surface area contributed by atoms with Crippen LogP contribution in [-0.2, 0) is 6.42 Å². The van der Waals surface area contributed by atoms with Crippen molar-refractivity contribution in [2.75, 3.05) is 14.2 Å². The summed E-state index contributed by atoms with van der Waals surface area (Å²) in [5.41, 5.74) is 1.16. The molecule has 0 saturated heterocycles. The Hall–Kier alpha value is -1.18. The average molecular weight is 194 g/mol. The van der Waals surface area contributed by atoms with Gasteiger partial charge in [0.1, 0.15) is 11.5 Å². The van der Waals surface area contributed by atoms with E-state index in [1.807, 2.05) is 18.2 Å². The first-order chi connectivity index (χ1) is 6.69. The van der Waals surface area contributed by atoms with E-state index in [2.05, 4.69) is 13.8 Å². The summed E-state index contributed by atoms with van der Waals surface area (Å²) in [6.45, 7) is 4.37. The molecule has 0 unspecified atom stereocenters. The molecule has 0 amide bonds. The molecule has 1 rings (SSSR count). The maximum atomic E-state index is 5.31. The first kappa shape index (κ1) is 10.9. The third-order valence-electron chi connectivity index (χ3n) is 2.14. The predicted molar refractivity (Wildman–Crippen MR) is 58.1 cm³/mol. The molecule has 0 radical (unpaired) electrons. The highest BCUT2D eigenvalue weighted by Gasteiger charge is 2.10. The van der Waals surface area contributed by atoms with Gasteiger partial charge >= 0.3 is 0 Å². The maximum Gasteiger partial charge on any atom is 0.125 e. The van der Waals surface area contributed by atoms with Crippen molar-refractivity contribution in [3.63, 3.8) is 0 Å². The summed E-state index contributed by atoms with van der Waals surface area (Å²) < 4.78 is 10.6. The SMILES string of the molecule is COc1cccc(OC)c1CC(C)C. The van der Waals surface area contributed by atoms with Crippen molar-refractivity contribution in [1.29, 1.82) is 0 Å². The van der Waals surface area contributed by atoms with Gasteiger partial charge in [-0.05, 0) is 24.5 Å². The third-order valence-corrected chi connectivity index (χ3v) is 2.14. The zero-order valence-corrected chi connectivity index (χ0v) is 9.33. The lowest BCUT2D eigenvalue weighted by atomic mass is 10.0. The summed E-state index contributed by atoms with van der Waals surface area (Å²) in [6.07, 6.45) is 0.979. The zero-order chi connectivity index (χ0) is 10.6. The number of rotatable bonds is 4. The summed E-state index contributed by atoms with van der Waals surface area (Å²) >= 11 is 0. The first-order valence-electron chi connectivity index (χ1n) is 4.89. The molecule has 0 heterocycles. The van der Waals surface area contributed by atoms with Gasteiger partial charge in [-0.3, -0.25) is 0 Å². The van der Waals surface area contributed by atoms with Crippen LogP contribution in [0, 0.1) is 5.92 Å². The van der Waals surface area contributed by atoms with Crippen molar-refractivity contribution >= 4 is 0 Å². The van der Waals surface area contributed by atoms with E-state index in [4.69, 9.17) is 9.47 Å². The number of hydrogen-bond donors (Lipinski definition) is 0. The molecule has 0 aliphatic rings. The van der Waals surface area contributed by atoms with Crippen LogP contribution in [0.2, 0.25) is 0 Å². The fourth-order valence-electron chi connectivity index (χ4n) is 1.54. The summed E-state index contributed by atoms with van der Waals surface area (Å²) in [4.78, 5) is 0. The molecule has 0 fully saturated rings. The zero-order valence-electron chi connectivity index (χ0n) is 9.33. The van der Waals surface area contributed by atoms with E-state index in [9.17, 15) is 0 Å². The molecule has 14 heavy (non-hydrogen) atoms. The van der Waals surface area contributed by atoms with E-state index in [-0.39, 0.29) is 0 Å². The van der Waals surface area contributed by atoms with Gasteiger partial charge < -0.3 is 9.47 Å². The molecular weight excluding hydrogens is 176 g/mol. The van der Waals surface area contributed by atoms with Gasteiger partial charge in [0.05, 0.1) is 14.2 Å². The van der Waals surface area contributed by atoms with Crippen molar-refractivity contribution in [2.24, 2.45) is 5.92 Å². The van der Waals surface area contributed by atoms with Gasteiger partial charge in [-0.15, -0.1) is 0 Å². The van der Waals surface area contributed by atoms with Gasteiger partial charge in [-0.2, -0.15) is 0 Å². The van der Waals surface area contributed by atoms with Crippen LogP contribution in [0.5, 0.6) is 11.5 Å². The molecule has 0 aromatic heterocycles.